The SMILES string of the molecule is C=C/C=C(/CN1CCN(C)CC1)C(N)c1ncnc(Oc2cc(F)c3[nH]c(C)cc3c2F)c1C#N. The van der Waals surface area contributed by atoms with Gasteiger partial charge in [0.1, 0.15) is 18.0 Å². The van der Waals surface area contributed by atoms with Crippen LogP contribution in [0.25, 0.3) is 10.9 Å². The number of piperazine rings is 1. The highest BCUT2D eigenvalue weighted by Gasteiger charge is 2.25. The zero-order valence-electron chi connectivity index (χ0n) is 19.7. The lowest BCUT2D eigenvalue weighted by Gasteiger charge is -2.33. The second-order valence-corrected chi connectivity index (χ2v) is 8.60. The average Bonchev–Trinajstić information content (AvgIpc) is 3.25. The van der Waals surface area contributed by atoms with Crippen LogP contribution >= 0.6 is 0 Å². The Balaban J connectivity index is 1.66. The van der Waals surface area contributed by atoms with Gasteiger partial charge in [0.2, 0.25) is 5.88 Å². The maximum atomic E-state index is 15.1. The first-order valence-electron chi connectivity index (χ1n) is 11.2. The topological polar surface area (TPSA) is 107 Å². The molecular weight excluding hydrogens is 452 g/mol. The van der Waals surface area contributed by atoms with E-state index in [1.54, 1.807) is 13.0 Å². The maximum absolute atomic E-state index is 15.1. The summed E-state index contributed by atoms with van der Waals surface area (Å²) in [5, 5.41) is 9.94. The first-order chi connectivity index (χ1) is 16.8. The van der Waals surface area contributed by atoms with Crippen LogP contribution in [0.5, 0.6) is 11.6 Å². The zero-order chi connectivity index (χ0) is 25.1. The average molecular weight is 480 g/mol. The summed E-state index contributed by atoms with van der Waals surface area (Å²) < 4.78 is 35.2. The molecule has 0 aliphatic carbocycles. The van der Waals surface area contributed by atoms with Gasteiger partial charge in [-0.05, 0) is 25.6 Å². The number of H-pyrrole nitrogens is 1. The number of aromatic nitrogens is 3. The van der Waals surface area contributed by atoms with Crippen molar-refractivity contribution >= 4 is 10.9 Å². The molecule has 1 aliphatic heterocycles. The van der Waals surface area contributed by atoms with E-state index in [1.165, 1.54) is 12.4 Å². The van der Waals surface area contributed by atoms with Crippen molar-refractivity contribution in [1.29, 1.82) is 5.26 Å². The van der Waals surface area contributed by atoms with E-state index in [4.69, 9.17) is 10.5 Å². The Bertz CT molecular complexity index is 1320. The van der Waals surface area contributed by atoms with Gasteiger partial charge in [0.05, 0.1) is 17.3 Å². The molecule has 1 unspecified atom stereocenters. The minimum atomic E-state index is -0.763. The van der Waals surface area contributed by atoms with E-state index >= 15 is 4.39 Å². The Hall–Kier alpha value is -3.65. The molecule has 4 rings (SSSR count). The monoisotopic (exact) mass is 479 g/mol. The van der Waals surface area contributed by atoms with Gasteiger partial charge in [0, 0.05) is 49.9 Å². The van der Waals surface area contributed by atoms with Crippen LogP contribution in [-0.2, 0) is 0 Å². The Morgan fingerprint density at radius 2 is 2.06 bits per heavy atom. The summed E-state index contributed by atoms with van der Waals surface area (Å²) in [6, 6.07) is 3.68. The molecule has 35 heavy (non-hydrogen) atoms. The first kappa shape index (κ1) is 24.5. The van der Waals surface area contributed by atoms with Gasteiger partial charge in [-0.1, -0.05) is 18.7 Å². The fourth-order valence-electron chi connectivity index (χ4n) is 4.16. The minimum Gasteiger partial charge on any atom is -0.434 e. The fraction of sp³-hybridized carbons (Fsp3) is 0.320. The van der Waals surface area contributed by atoms with Gasteiger partial charge >= 0.3 is 0 Å². The quantitative estimate of drug-likeness (QED) is 0.499. The van der Waals surface area contributed by atoms with Crippen molar-refractivity contribution in [2.45, 2.75) is 13.0 Å². The Labute approximate surface area is 202 Å². The number of benzene rings is 1. The molecule has 1 atom stereocenters. The molecule has 3 N–H and O–H groups in total. The third kappa shape index (κ3) is 5.07. The molecule has 10 heteroatoms. The predicted molar refractivity (Wildman–Crippen MR) is 129 cm³/mol. The van der Waals surface area contributed by atoms with E-state index in [2.05, 4.69) is 38.4 Å². The molecule has 182 valence electrons. The number of allylic oxidation sites excluding steroid dienone is 2. The van der Waals surface area contributed by atoms with Crippen molar-refractivity contribution in [2.24, 2.45) is 5.73 Å². The molecule has 1 fully saturated rings. The summed E-state index contributed by atoms with van der Waals surface area (Å²) in [5.74, 6) is -2.03. The van der Waals surface area contributed by atoms with Gasteiger partial charge in [-0.15, -0.1) is 0 Å². The summed E-state index contributed by atoms with van der Waals surface area (Å²) in [4.78, 5) is 15.6. The number of nitrogens with two attached hydrogens (primary N) is 1. The zero-order valence-corrected chi connectivity index (χ0v) is 19.7. The second kappa shape index (κ2) is 10.3. The molecule has 3 heterocycles. The van der Waals surface area contributed by atoms with Gasteiger partial charge in [0.25, 0.3) is 0 Å². The molecule has 1 aliphatic rings. The number of aromatic amines is 1. The predicted octanol–water partition coefficient (Wildman–Crippen LogP) is 3.57. The third-order valence-corrected chi connectivity index (χ3v) is 6.09. The Morgan fingerprint density at radius 3 is 2.74 bits per heavy atom. The lowest BCUT2D eigenvalue weighted by molar-refractivity contribution is 0.162. The molecule has 3 aromatic rings. The normalized spacial score (nSPS) is 16.3. The standard InChI is InChI=1S/C25H27F2N7O/c1-4-5-16(13-34-8-6-33(3)7-9-34)22(29)24-18(12-28)25(31-14-30-24)35-20-11-19(26)23-17(21(20)27)10-15(2)32-23/h4-5,10-11,14,22,32H,1,6-9,13,29H2,2-3H3/b16-5-. The third-order valence-electron chi connectivity index (χ3n) is 6.09. The van der Waals surface area contributed by atoms with Crippen molar-refractivity contribution in [1.82, 2.24) is 24.8 Å². The van der Waals surface area contributed by atoms with Crippen molar-refractivity contribution in [3.63, 3.8) is 0 Å². The maximum Gasteiger partial charge on any atom is 0.240 e. The molecule has 1 aromatic carbocycles. The molecule has 2 aromatic heterocycles. The second-order valence-electron chi connectivity index (χ2n) is 8.60. The highest BCUT2D eigenvalue weighted by Crippen LogP contribution is 2.34. The molecular formula is C25H27F2N7O. The fourth-order valence-corrected chi connectivity index (χ4v) is 4.16. The van der Waals surface area contributed by atoms with Gasteiger partial charge in [-0.2, -0.15) is 5.26 Å². The van der Waals surface area contributed by atoms with E-state index in [0.717, 1.165) is 37.8 Å². The summed E-state index contributed by atoms with van der Waals surface area (Å²) >= 11 is 0. The van der Waals surface area contributed by atoms with Gasteiger partial charge in [0.15, 0.2) is 17.4 Å². The Morgan fingerprint density at radius 1 is 1.31 bits per heavy atom. The molecule has 1 saturated heterocycles. The molecule has 8 nitrogen and oxygen atoms in total. The van der Waals surface area contributed by atoms with Crippen LogP contribution in [0.15, 0.2) is 42.8 Å². The van der Waals surface area contributed by atoms with Crippen molar-refractivity contribution < 1.29 is 13.5 Å². The van der Waals surface area contributed by atoms with Crippen molar-refractivity contribution in [3.8, 4) is 17.7 Å². The lowest BCUT2D eigenvalue weighted by Crippen LogP contribution is -2.45. The number of aryl methyl sites for hydroxylation is 1. The van der Waals surface area contributed by atoms with Crippen LogP contribution in [0.3, 0.4) is 0 Å². The summed E-state index contributed by atoms with van der Waals surface area (Å²) in [6.07, 6.45) is 4.64. The molecule has 0 amide bonds. The van der Waals surface area contributed by atoms with Gasteiger partial charge < -0.3 is 20.4 Å². The smallest absolute Gasteiger partial charge is 0.240 e. The van der Waals surface area contributed by atoms with Crippen LogP contribution < -0.4 is 10.5 Å². The number of rotatable bonds is 7. The van der Waals surface area contributed by atoms with Crippen molar-refractivity contribution in [3.05, 3.63) is 71.3 Å². The molecule has 0 spiro atoms. The summed E-state index contributed by atoms with van der Waals surface area (Å²) in [7, 11) is 2.08. The number of nitrogens with zero attached hydrogens (tertiary/aromatic N) is 5. The number of hydrogen-bond acceptors (Lipinski definition) is 7. The Kier molecular flexibility index (Phi) is 7.21. The first-order valence-corrected chi connectivity index (χ1v) is 11.2. The largest absolute Gasteiger partial charge is 0.434 e. The molecule has 0 saturated carbocycles. The molecule has 0 bridgehead atoms. The van der Waals surface area contributed by atoms with Gasteiger partial charge in [-0.25, -0.2) is 18.7 Å². The minimum absolute atomic E-state index is 0.0429. The number of ether oxygens (including phenoxy) is 1. The molecule has 0 radical (unpaired) electrons. The highest BCUT2D eigenvalue weighted by atomic mass is 19.1. The summed E-state index contributed by atoms with van der Waals surface area (Å²) in [5.41, 5.74) is 8.20. The number of likely N-dealkylation sites (N-methyl/N-ethyl adjacent to an activating group) is 1. The number of nitrogens with one attached hydrogen (secondary N) is 1. The van der Waals surface area contributed by atoms with Crippen LogP contribution in [0.2, 0.25) is 0 Å². The highest BCUT2D eigenvalue weighted by molar-refractivity contribution is 5.83. The van der Waals surface area contributed by atoms with E-state index in [1.807, 2.05) is 12.1 Å². The van der Waals surface area contributed by atoms with E-state index in [9.17, 15) is 9.65 Å². The number of hydrogen-bond donors (Lipinski definition) is 2. The number of nitriles is 1. The van der Waals surface area contributed by atoms with Crippen LogP contribution in [-0.4, -0.2) is 64.5 Å². The van der Waals surface area contributed by atoms with E-state index in [0.29, 0.717) is 12.2 Å². The van der Waals surface area contributed by atoms with Gasteiger partial charge in [-0.3, -0.25) is 4.90 Å². The summed E-state index contributed by atoms with van der Waals surface area (Å²) in [6.45, 7) is 9.71. The van der Waals surface area contributed by atoms with Crippen LogP contribution in [0.4, 0.5) is 8.78 Å². The number of fused-ring (bicyclic) bond motifs is 1. The van der Waals surface area contributed by atoms with E-state index in [-0.39, 0.29) is 33.8 Å². The van der Waals surface area contributed by atoms with Crippen molar-refractivity contribution in [2.75, 3.05) is 39.8 Å². The number of halogens is 2. The van der Waals surface area contributed by atoms with Crippen LogP contribution in [0, 0.1) is 29.9 Å². The van der Waals surface area contributed by atoms with Crippen LogP contribution in [0.1, 0.15) is 23.0 Å². The lowest BCUT2D eigenvalue weighted by atomic mass is 9.99. The van der Waals surface area contributed by atoms with E-state index < -0.39 is 17.7 Å².